The SMILES string of the molecule is CC(C)(O)CSCCNCc1cc(F)cc2cccnc12. The highest BCUT2D eigenvalue weighted by atomic mass is 32.2. The van der Waals surface area contributed by atoms with Crippen molar-refractivity contribution in [1.29, 1.82) is 0 Å². The molecule has 5 heteroatoms. The predicted octanol–water partition coefficient (Wildman–Crippen LogP) is 2.97. The van der Waals surface area contributed by atoms with Gasteiger partial charge in [0.25, 0.3) is 0 Å². The summed E-state index contributed by atoms with van der Waals surface area (Å²) in [7, 11) is 0. The number of nitrogens with zero attached hydrogens (tertiary/aromatic N) is 1. The molecule has 0 aliphatic heterocycles. The molecule has 21 heavy (non-hydrogen) atoms. The van der Waals surface area contributed by atoms with Crippen LogP contribution in [0.2, 0.25) is 0 Å². The molecule has 1 heterocycles. The molecule has 2 rings (SSSR count). The first kappa shape index (κ1) is 16.2. The Labute approximate surface area is 129 Å². The number of thioether (sulfide) groups is 1. The Morgan fingerprint density at radius 1 is 1.38 bits per heavy atom. The molecule has 0 unspecified atom stereocenters. The molecule has 0 fully saturated rings. The number of hydrogen-bond acceptors (Lipinski definition) is 4. The number of aromatic nitrogens is 1. The molecule has 0 aliphatic carbocycles. The second-order valence-corrected chi connectivity index (χ2v) is 6.79. The largest absolute Gasteiger partial charge is 0.390 e. The van der Waals surface area contributed by atoms with E-state index in [-0.39, 0.29) is 5.82 Å². The molecule has 1 aromatic carbocycles. The van der Waals surface area contributed by atoms with Gasteiger partial charge in [0.15, 0.2) is 0 Å². The van der Waals surface area contributed by atoms with Gasteiger partial charge in [0.05, 0.1) is 11.1 Å². The van der Waals surface area contributed by atoms with Gasteiger partial charge < -0.3 is 10.4 Å². The van der Waals surface area contributed by atoms with E-state index in [1.807, 2.05) is 12.1 Å². The van der Waals surface area contributed by atoms with Crippen LogP contribution in [0.25, 0.3) is 10.9 Å². The van der Waals surface area contributed by atoms with Crippen molar-refractivity contribution in [2.24, 2.45) is 0 Å². The molecular formula is C16H21FN2OS. The van der Waals surface area contributed by atoms with Gasteiger partial charge in [0, 0.05) is 36.2 Å². The molecular weight excluding hydrogens is 287 g/mol. The molecule has 0 bridgehead atoms. The predicted molar refractivity (Wildman–Crippen MR) is 87.0 cm³/mol. The minimum atomic E-state index is -0.632. The lowest BCUT2D eigenvalue weighted by atomic mass is 10.1. The zero-order valence-corrected chi connectivity index (χ0v) is 13.2. The third kappa shape index (κ3) is 5.26. The number of aliphatic hydroxyl groups is 1. The fourth-order valence-corrected chi connectivity index (χ4v) is 2.98. The van der Waals surface area contributed by atoms with Crippen LogP contribution in [-0.2, 0) is 6.54 Å². The smallest absolute Gasteiger partial charge is 0.124 e. The molecule has 0 aliphatic rings. The molecule has 3 nitrogen and oxygen atoms in total. The van der Waals surface area contributed by atoms with Crippen molar-refractivity contribution in [3.8, 4) is 0 Å². The summed E-state index contributed by atoms with van der Waals surface area (Å²) in [6.07, 6.45) is 1.73. The van der Waals surface area contributed by atoms with E-state index in [1.165, 1.54) is 12.1 Å². The van der Waals surface area contributed by atoms with Gasteiger partial charge in [-0.3, -0.25) is 4.98 Å². The minimum absolute atomic E-state index is 0.233. The first-order valence-electron chi connectivity index (χ1n) is 7.00. The second kappa shape index (κ2) is 7.20. The molecule has 0 amide bonds. The van der Waals surface area contributed by atoms with E-state index in [4.69, 9.17) is 0 Å². The van der Waals surface area contributed by atoms with Crippen LogP contribution in [0.15, 0.2) is 30.5 Å². The minimum Gasteiger partial charge on any atom is -0.390 e. The van der Waals surface area contributed by atoms with E-state index in [0.29, 0.717) is 12.3 Å². The second-order valence-electron chi connectivity index (χ2n) is 5.68. The van der Waals surface area contributed by atoms with Gasteiger partial charge in [-0.15, -0.1) is 0 Å². The Morgan fingerprint density at radius 3 is 2.95 bits per heavy atom. The van der Waals surface area contributed by atoms with E-state index >= 15 is 0 Å². The number of halogens is 1. The van der Waals surface area contributed by atoms with Gasteiger partial charge in [0.1, 0.15) is 5.82 Å². The van der Waals surface area contributed by atoms with Gasteiger partial charge >= 0.3 is 0 Å². The van der Waals surface area contributed by atoms with Crippen LogP contribution in [0.3, 0.4) is 0 Å². The van der Waals surface area contributed by atoms with Crippen LogP contribution in [-0.4, -0.2) is 33.7 Å². The van der Waals surface area contributed by atoms with Crippen LogP contribution >= 0.6 is 11.8 Å². The van der Waals surface area contributed by atoms with E-state index in [1.54, 1.807) is 31.8 Å². The molecule has 114 valence electrons. The summed E-state index contributed by atoms with van der Waals surface area (Å²) in [4.78, 5) is 4.32. The van der Waals surface area contributed by atoms with Crippen molar-refractivity contribution in [3.63, 3.8) is 0 Å². The van der Waals surface area contributed by atoms with Gasteiger partial charge in [-0.25, -0.2) is 4.39 Å². The van der Waals surface area contributed by atoms with Crippen molar-refractivity contribution in [1.82, 2.24) is 10.3 Å². The summed E-state index contributed by atoms with van der Waals surface area (Å²) in [5.41, 5.74) is 1.08. The summed E-state index contributed by atoms with van der Waals surface area (Å²) < 4.78 is 13.6. The number of rotatable bonds is 7. The van der Waals surface area contributed by atoms with Crippen molar-refractivity contribution in [2.45, 2.75) is 26.0 Å². The number of fused-ring (bicyclic) bond motifs is 1. The summed E-state index contributed by atoms with van der Waals surface area (Å²) in [6.45, 7) is 5.01. The zero-order chi connectivity index (χ0) is 15.3. The number of benzene rings is 1. The molecule has 0 saturated carbocycles. The monoisotopic (exact) mass is 308 g/mol. The number of nitrogens with one attached hydrogen (secondary N) is 1. The lowest BCUT2D eigenvalue weighted by Gasteiger charge is -2.16. The van der Waals surface area contributed by atoms with Gasteiger partial charge in [-0.1, -0.05) is 6.07 Å². The average Bonchev–Trinajstić information content (AvgIpc) is 2.41. The third-order valence-corrected chi connectivity index (χ3v) is 4.35. The standard InChI is InChI=1S/C16H21FN2OS/c1-16(2,20)11-21-7-6-18-10-13-9-14(17)8-12-4-3-5-19-15(12)13/h3-5,8-9,18,20H,6-7,10-11H2,1-2H3. The highest BCUT2D eigenvalue weighted by molar-refractivity contribution is 7.99. The highest BCUT2D eigenvalue weighted by Crippen LogP contribution is 2.18. The van der Waals surface area contributed by atoms with E-state index in [9.17, 15) is 9.50 Å². The Kier molecular flexibility index (Phi) is 5.56. The van der Waals surface area contributed by atoms with Crippen LogP contribution < -0.4 is 5.32 Å². The van der Waals surface area contributed by atoms with Crippen molar-refractivity contribution in [2.75, 3.05) is 18.1 Å². The number of hydrogen-bond donors (Lipinski definition) is 2. The molecule has 2 N–H and O–H groups in total. The molecule has 1 aromatic heterocycles. The highest BCUT2D eigenvalue weighted by Gasteiger charge is 2.11. The lowest BCUT2D eigenvalue weighted by molar-refractivity contribution is 0.107. The fourth-order valence-electron chi connectivity index (χ4n) is 2.05. The maximum atomic E-state index is 13.6. The van der Waals surface area contributed by atoms with Crippen LogP contribution in [0.1, 0.15) is 19.4 Å². The topological polar surface area (TPSA) is 45.1 Å². The van der Waals surface area contributed by atoms with Gasteiger partial charge in [-0.05, 0) is 37.6 Å². The third-order valence-electron chi connectivity index (χ3n) is 2.94. The van der Waals surface area contributed by atoms with Crippen molar-refractivity contribution < 1.29 is 9.50 Å². The van der Waals surface area contributed by atoms with Crippen LogP contribution in [0, 0.1) is 5.82 Å². The summed E-state index contributed by atoms with van der Waals surface area (Å²) in [5, 5.41) is 13.7. The first-order valence-corrected chi connectivity index (χ1v) is 8.15. The maximum absolute atomic E-state index is 13.6. The van der Waals surface area contributed by atoms with E-state index < -0.39 is 5.60 Å². The summed E-state index contributed by atoms with van der Waals surface area (Å²) >= 11 is 1.70. The fraction of sp³-hybridized carbons (Fsp3) is 0.438. The maximum Gasteiger partial charge on any atom is 0.124 e. The Bertz CT molecular complexity index is 598. The Morgan fingerprint density at radius 2 is 2.19 bits per heavy atom. The zero-order valence-electron chi connectivity index (χ0n) is 12.4. The summed E-state index contributed by atoms with van der Waals surface area (Å²) in [6, 6.07) is 6.72. The first-order chi connectivity index (χ1) is 9.96. The molecule has 2 aromatic rings. The van der Waals surface area contributed by atoms with Gasteiger partial charge in [0.2, 0.25) is 0 Å². The Balaban J connectivity index is 1.86. The quantitative estimate of drug-likeness (QED) is 0.772. The molecule has 0 saturated heterocycles. The molecule has 0 radical (unpaired) electrons. The van der Waals surface area contributed by atoms with E-state index in [0.717, 1.165) is 28.8 Å². The number of pyridine rings is 1. The lowest BCUT2D eigenvalue weighted by Crippen LogP contribution is -2.23. The van der Waals surface area contributed by atoms with Gasteiger partial charge in [-0.2, -0.15) is 11.8 Å². The average molecular weight is 308 g/mol. The summed E-state index contributed by atoms with van der Waals surface area (Å²) in [5.74, 6) is 1.38. The van der Waals surface area contributed by atoms with Crippen LogP contribution in [0.5, 0.6) is 0 Å². The van der Waals surface area contributed by atoms with Crippen LogP contribution in [0.4, 0.5) is 4.39 Å². The van der Waals surface area contributed by atoms with E-state index in [2.05, 4.69) is 10.3 Å². The Hall–Kier alpha value is -1.17. The molecule has 0 spiro atoms. The molecule has 0 atom stereocenters. The normalized spacial score (nSPS) is 12.0. The van der Waals surface area contributed by atoms with Crippen molar-refractivity contribution in [3.05, 3.63) is 41.8 Å². The van der Waals surface area contributed by atoms with Crippen molar-refractivity contribution >= 4 is 22.7 Å².